The van der Waals surface area contributed by atoms with Crippen LogP contribution in [0.15, 0.2) is 78.9 Å². The number of methoxy groups -OCH3 is 1. The number of carbonyl (C=O) groups excluding carboxylic acids is 1. The summed E-state index contributed by atoms with van der Waals surface area (Å²) >= 11 is 0. The van der Waals surface area contributed by atoms with Gasteiger partial charge in [-0.15, -0.1) is 29.9 Å². The number of ether oxygens (including phenoxy) is 1. The lowest BCUT2D eigenvalue weighted by Gasteiger charge is -2.53. The minimum absolute atomic E-state index is 0. The van der Waals surface area contributed by atoms with Gasteiger partial charge >= 0.3 is 6.18 Å². The number of rotatable bonds is 8. The molecule has 0 unspecified atom stereocenters. The van der Waals surface area contributed by atoms with E-state index in [-0.39, 0.29) is 54.4 Å². The Bertz CT molecular complexity index is 1570. The smallest absolute Gasteiger partial charge is 0.453 e. The molecule has 3 heterocycles. The number of nitrogens with zero attached hydrogens (tertiary/aromatic N) is 7. The van der Waals surface area contributed by atoms with Crippen molar-refractivity contribution >= 4 is 30.7 Å². The van der Waals surface area contributed by atoms with Crippen molar-refractivity contribution in [1.82, 2.24) is 34.9 Å². The number of aliphatic hydroxyl groups is 1. The predicted octanol–water partition coefficient (Wildman–Crippen LogP) is 4.05. The van der Waals surface area contributed by atoms with E-state index in [1.54, 1.807) is 17.0 Å². The van der Waals surface area contributed by atoms with E-state index in [2.05, 4.69) is 49.6 Å². The highest BCUT2D eigenvalue weighted by molar-refractivity contribution is 5.85. The molecule has 0 saturated carbocycles. The molecule has 4 aromatic rings. The number of benzene rings is 3. The monoisotopic (exact) mass is 693 g/mol. The highest BCUT2D eigenvalue weighted by Crippen LogP contribution is 2.37. The zero-order chi connectivity index (χ0) is 31.6. The number of aromatic nitrogens is 4. The summed E-state index contributed by atoms with van der Waals surface area (Å²) < 4.78 is 47.2. The van der Waals surface area contributed by atoms with Crippen molar-refractivity contribution < 1.29 is 27.8 Å². The number of hydrogen-bond acceptors (Lipinski definition) is 8. The summed E-state index contributed by atoms with van der Waals surface area (Å²) in [5.74, 6) is -0.969. The van der Waals surface area contributed by atoms with Crippen LogP contribution in [0.2, 0.25) is 0 Å². The zero-order valence-corrected chi connectivity index (χ0v) is 27.2. The molecule has 0 spiro atoms. The maximum absolute atomic E-state index is 13.6. The molecule has 2 aliphatic heterocycles. The lowest BCUT2D eigenvalue weighted by molar-refractivity contribution is -0.146. The van der Waals surface area contributed by atoms with E-state index in [4.69, 9.17) is 4.74 Å². The third kappa shape index (κ3) is 7.71. The molecule has 10 nitrogen and oxygen atoms in total. The fourth-order valence-electron chi connectivity index (χ4n) is 6.72. The summed E-state index contributed by atoms with van der Waals surface area (Å²) in [6, 6.07) is 25.4. The molecule has 2 fully saturated rings. The lowest BCUT2D eigenvalue weighted by atomic mass is 9.81. The van der Waals surface area contributed by atoms with Crippen molar-refractivity contribution in [1.29, 1.82) is 0 Å². The van der Waals surface area contributed by atoms with Crippen molar-refractivity contribution in [2.75, 3.05) is 46.4 Å². The van der Waals surface area contributed by atoms with Crippen LogP contribution in [0.4, 0.5) is 13.2 Å². The highest BCUT2D eigenvalue weighted by atomic mass is 35.5. The van der Waals surface area contributed by atoms with Gasteiger partial charge in [0, 0.05) is 62.8 Å². The minimum Gasteiger partial charge on any atom is -0.496 e. The summed E-state index contributed by atoms with van der Waals surface area (Å²) in [4.78, 5) is 19.0. The molecule has 3 aromatic carbocycles. The van der Waals surface area contributed by atoms with Gasteiger partial charge in [0.05, 0.1) is 12.8 Å². The third-order valence-corrected chi connectivity index (χ3v) is 8.68. The number of aliphatic hydroxyl groups excluding tert-OH is 1. The minimum atomic E-state index is -4.73. The van der Waals surface area contributed by atoms with Gasteiger partial charge in [-0.05, 0) is 39.8 Å². The second-order valence-corrected chi connectivity index (χ2v) is 11.4. The van der Waals surface area contributed by atoms with Gasteiger partial charge in [-0.3, -0.25) is 14.6 Å². The van der Waals surface area contributed by atoms with E-state index in [0.717, 1.165) is 0 Å². The molecule has 2 aliphatic rings. The molecular weight excluding hydrogens is 658 g/mol. The molecule has 2 saturated heterocycles. The van der Waals surface area contributed by atoms with Crippen LogP contribution in [0.25, 0.3) is 5.69 Å². The van der Waals surface area contributed by atoms with Crippen LogP contribution in [0, 0.1) is 0 Å². The molecule has 15 heteroatoms. The van der Waals surface area contributed by atoms with Gasteiger partial charge in [-0.2, -0.15) is 17.9 Å². The number of piperazine rings is 2. The predicted molar refractivity (Wildman–Crippen MR) is 173 cm³/mol. The normalized spacial score (nSPS) is 18.6. The summed E-state index contributed by atoms with van der Waals surface area (Å²) in [6.45, 7) is 2.73. The second-order valence-electron chi connectivity index (χ2n) is 11.4. The lowest BCUT2D eigenvalue weighted by Crippen LogP contribution is -2.67. The molecule has 1 N–H and O–H groups in total. The second kappa shape index (κ2) is 15.4. The first kappa shape index (κ1) is 36.1. The van der Waals surface area contributed by atoms with Crippen molar-refractivity contribution in [3.05, 3.63) is 101 Å². The number of hydrogen-bond donors (Lipinski definition) is 1. The number of fused-ring (bicyclic) bond motifs is 1. The van der Waals surface area contributed by atoms with Crippen molar-refractivity contribution in [3.63, 3.8) is 0 Å². The Balaban J connectivity index is 0.00000250. The number of tetrazole rings is 1. The highest BCUT2D eigenvalue weighted by Gasteiger charge is 2.43. The van der Waals surface area contributed by atoms with Crippen LogP contribution in [0.5, 0.6) is 5.75 Å². The molecule has 6 rings (SSSR count). The Morgan fingerprint density at radius 3 is 2.21 bits per heavy atom. The van der Waals surface area contributed by atoms with Gasteiger partial charge in [0.1, 0.15) is 12.4 Å². The van der Waals surface area contributed by atoms with E-state index >= 15 is 0 Å². The maximum atomic E-state index is 13.6. The summed E-state index contributed by atoms with van der Waals surface area (Å²) in [5.41, 5.74) is 3.19. The largest absolute Gasteiger partial charge is 0.496 e. The van der Waals surface area contributed by atoms with Crippen molar-refractivity contribution in [3.8, 4) is 11.4 Å². The van der Waals surface area contributed by atoms with E-state index in [1.165, 1.54) is 24.3 Å². The van der Waals surface area contributed by atoms with Gasteiger partial charge in [0.15, 0.2) is 0 Å². The Hall–Kier alpha value is -3.75. The Morgan fingerprint density at radius 1 is 0.957 bits per heavy atom. The van der Waals surface area contributed by atoms with Crippen molar-refractivity contribution in [2.45, 2.75) is 30.7 Å². The Labute approximate surface area is 282 Å². The van der Waals surface area contributed by atoms with Crippen LogP contribution in [-0.4, -0.2) is 104 Å². The SMILES string of the molecule is COc1ccc(-n2nnnc2C(F)(F)F)cc1CN1C[C@@H]2CN(C(=O)CO)CCN2[C@H](C(c2ccccc2)c2ccccc2)C1.Cl.Cl. The van der Waals surface area contributed by atoms with Gasteiger partial charge < -0.3 is 14.7 Å². The zero-order valence-electron chi connectivity index (χ0n) is 25.5. The molecule has 1 amide bonds. The van der Waals surface area contributed by atoms with Crippen LogP contribution in [0.3, 0.4) is 0 Å². The Kier molecular flexibility index (Phi) is 11.9. The first-order valence-electron chi connectivity index (χ1n) is 14.8. The van der Waals surface area contributed by atoms with E-state index in [1.807, 2.05) is 36.4 Å². The Morgan fingerprint density at radius 2 is 1.62 bits per heavy atom. The van der Waals surface area contributed by atoms with Gasteiger partial charge in [-0.25, -0.2) is 0 Å². The average Bonchev–Trinajstić information content (AvgIpc) is 3.57. The quantitative estimate of drug-likeness (QED) is 0.295. The number of amides is 1. The van der Waals surface area contributed by atoms with Gasteiger partial charge in [0.2, 0.25) is 5.91 Å². The van der Waals surface area contributed by atoms with E-state index in [0.29, 0.717) is 55.3 Å². The van der Waals surface area contributed by atoms with Crippen LogP contribution < -0.4 is 4.74 Å². The maximum Gasteiger partial charge on any atom is 0.453 e. The van der Waals surface area contributed by atoms with Gasteiger partial charge in [0.25, 0.3) is 5.82 Å². The van der Waals surface area contributed by atoms with E-state index in [9.17, 15) is 23.1 Å². The first-order chi connectivity index (χ1) is 21.8. The molecule has 47 heavy (non-hydrogen) atoms. The molecule has 0 aliphatic carbocycles. The topological polar surface area (TPSA) is 99.8 Å². The number of carbonyl (C=O) groups is 1. The summed E-state index contributed by atoms with van der Waals surface area (Å²) in [7, 11) is 1.53. The standard InChI is InChI=1S/C32H34F3N7O3.2ClH/c1-45-28-13-12-25(42-31(32(33,34)35)36-37-38-42)16-24(28)17-39-18-26-19-40(29(44)21-43)14-15-41(26)27(20-39)30(22-8-4-2-5-9-22)23-10-6-3-7-11-23;;/h2-13,16,26-27,30,43H,14-15,17-21H2,1H3;2*1H/t26-,27+;;/m1../s1. The fraction of sp³-hybridized carbons (Fsp3) is 0.375. The molecular formula is C32H36Cl2F3N7O3. The van der Waals surface area contributed by atoms with Gasteiger partial charge in [-0.1, -0.05) is 60.7 Å². The third-order valence-electron chi connectivity index (χ3n) is 8.68. The number of alkyl halides is 3. The fourth-order valence-corrected chi connectivity index (χ4v) is 6.72. The van der Waals surface area contributed by atoms with E-state index < -0.39 is 18.6 Å². The van der Waals surface area contributed by atoms with Crippen LogP contribution in [-0.2, 0) is 17.5 Å². The molecule has 2 atom stereocenters. The summed E-state index contributed by atoms with van der Waals surface area (Å²) in [5, 5.41) is 19.6. The molecule has 0 bridgehead atoms. The van der Waals surface area contributed by atoms with Crippen LogP contribution in [0.1, 0.15) is 28.4 Å². The average molecular weight is 695 g/mol. The summed E-state index contributed by atoms with van der Waals surface area (Å²) in [6.07, 6.45) is -4.73. The number of halogens is 5. The molecule has 0 radical (unpaired) electrons. The van der Waals surface area contributed by atoms with Crippen LogP contribution >= 0.6 is 24.8 Å². The van der Waals surface area contributed by atoms with Crippen molar-refractivity contribution in [2.24, 2.45) is 0 Å². The first-order valence-corrected chi connectivity index (χ1v) is 14.8. The molecule has 252 valence electrons. The molecule has 1 aromatic heterocycles.